The van der Waals surface area contributed by atoms with Crippen molar-refractivity contribution < 1.29 is 19.1 Å². The zero-order valence-corrected chi connectivity index (χ0v) is 9.55. The maximum Gasteiger partial charge on any atom is 0.358 e. The van der Waals surface area contributed by atoms with E-state index in [1.54, 1.807) is 4.90 Å². The summed E-state index contributed by atoms with van der Waals surface area (Å²) < 4.78 is 5.16. The van der Waals surface area contributed by atoms with Gasteiger partial charge in [0.1, 0.15) is 5.76 Å². The second-order valence-electron chi connectivity index (χ2n) is 4.17. The van der Waals surface area contributed by atoms with E-state index in [1.807, 2.05) is 0 Å². The third kappa shape index (κ3) is 2.30. The number of rotatable bonds is 2. The van der Waals surface area contributed by atoms with Crippen LogP contribution in [0.25, 0.3) is 0 Å². The summed E-state index contributed by atoms with van der Waals surface area (Å²) in [6.07, 6.45) is 2.81. The number of aromatic carboxylic acids is 1. The van der Waals surface area contributed by atoms with Gasteiger partial charge >= 0.3 is 5.97 Å². The molecule has 6 nitrogen and oxygen atoms in total. The lowest BCUT2D eigenvalue weighted by Crippen LogP contribution is -2.37. The summed E-state index contributed by atoms with van der Waals surface area (Å²) in [5.74, 6) is -0.774. The van der Waals surface area contributed by atoms with Crippen LogP contribution in [0, 0.1) is 0 Å². The quantitative estimate of drug-likeness (QED) is 0.834. The van der Waals surface area contributed by atoms with Gasteiger partial charge in [-0.15, -0.1) is 0 Å². The van der Waals surface area contributed by atoms with Gasteiger partial charge in [-0.1, -0.05) is 0 Å². The number of aromatic nitrogens is 1. The zero-order chi connectivity index (χ0) is 12.4. The number of carboxylic acids is 1. The molecule has 2 heterocycles. The summed E-state index contributed by atoms with van der Waals surface area (Å²) in [5, 5.41) is 8.96. The highest BCUT2D eigenvalue weighted by Crippen LogP contribution is 2.29. The Morgan fingerprint density at radius 1 is 1.59 bits per heavy atom. The molecule has 6 heteroatoms. The average Bonchev–Trinajstić information content (AvgIpc) is 2.78. The first-order chi connectivity index (χ1) is 8.09. The molecule has 0 spiro atoms. The van der Waals surface area contributed by atoms with Crippen LogP contribution in [0.5, 0.6) is 0 Å². The fourth-order valence-corrected chi connectivity index (χ4v) is 2.18. The number of amides is 1. The number of hydrogen-bond acceptors (Lipinski definition) is 4. The van der Waals surface area contributed by atoms with Crippen molar-refractivity contribution in [2.24, 2.45) is 0 Å². The lowest BCUT2D eigenvalue weighted by Gasteiger charge is -2.30. The molecule has 1 aromatic rings. The highest BCUT2D eigenvalue weighted by molar-refractivity contribution is 5.86. The number of piperidine rings is 1. The Morgan fingerprint density at radius 3 is 3.00 bits per heavy atom. The minimum atomic E-state index is -1.09. The summed E-state index contributed by atoms with van der Waals surface area (Å²) in [4.78, 5) is 27.6. The largest absolute Gasteiger partial charge is 0.476 e. The van der Waals surface area contributed by atoms with Gasteiger partial charge in [0, 0.05) is 25.9 Å². The first-order valence-corrected chi connectivity index (χ1v) is 5.51. The molecule has 92 valence electrons. The second-order valence-corrected chi connectivity index (χ2v) is 4.17. The zero-order valence-electron chi connectivity index (χ0n) is 9.55. The Labute approximate surface area is 98.2 Å². The van der Waals surface area contributed by atoms with Gasteiger partial charge in [-0.25, -0.2) is 9.78 Å². The molecular formula is C11H14N2O4. The van der Waals surface area contributed by atoms with Gasteiger partial charge in [-0.3, -0.25) is 4.79 Å². The van der Waals surface area contributed by atoms with Crippen molar-refractivity contribution in [3.05, 3.63) is 17.8 Å². The molecule has 1 amide bonds. The van der Waals surface area contributed by atoms with Crippen molar-refractivity contribution in [1.29, 1.82) is 0 Å². The molecule has 1 unspecified atom stereocenters. The Bertz CT molecular complexity index is 440. The molecule has 1 atom stereocenters. The molecule has 0 bridgehead atoms. The van der Waals surface area contributed by atoms with E-state index in [0.717, 1.165) is 25.8 Å². The van der Waals surface area contributed by atoms with Crippen LogP contribution in [-0.2, 0) is 4.79 Å². The van der Waals surface area contributed by atoms with Crippen LogP contribution < -0.4 is 0 Å². The Morgan fingerprint density at radius 2 is 2.35 bits per heavy atom. The van der Waals surface area contributed by atoms with Crippen LogP contribution in [-0.4, -0.2) is 40.0 Å². The van der Waals surface area contributed by atoms with Crippen molar-refractivity contribution in [3.8, 4) is 0 Å². The van der Waals surface area contributed by atoms with Crippen LogP contribution in [0.4, 0.5) is 0 Å². The normalized spacial score (nSPS) is 20.3. The Hall–Kier alpha value is -1.85. The van der Waals surface area contributed by atoms with E-state index in [1.165, 1.54) is 6.92 Å². The SMILES string of the molecule is CC(=O)N1CCCC(c2ocnc2C(=O)O)C1. The molecular weight excluding hydrogens is 224 g/mol. The number of oxazole rings is 1. The molecule has 1 aromatic heterocycles. The monoisotopic (exact) mass is 238 g/mol. The molecule has 0 aliphatic carbocycles. The Balaban J connectivity index is 2.19. The third-order valence-corrected chi connectivity index (χ3v) is 3.03. The molecule has 17 heavy (non-hydrogen) atoms. The summed E-state index contributed by atoms with van der Waals surface area (Å²) in [5.41, 5.74) is -0.0413. The number of likely N-dealkylation sites (tertiary alicyclic amines) is 1. The number of carbonyl (C=O) groups excluding carboxylic acids is 1. The van der Waals surface area contributed by atoms with Gasteiger partial charge in [0.15, 0.2) is 12.1 Å². The molecule has 0 radical (unpaired) electrons. The van der Waals surface area contributed by atoms with Crippen LogP contribution in [0.3, 0.4) is 0 Å². The van der Waals surface area contributed by atoms with Gasteiger partial charge in [0.2, 0.25) is 5.91 Å². The number of carbonyl (C=O) groups is 2. The van der Waals surface area contributed by atoms with Crippen molar-refractivity contribution in [2.45, 2.75) is 25.7 Å². The molecule has 0 saturated carbocycles. The van der Waals surface area contributed by atoms with Crippen molar-refractivity contribution in [2.75, 3.05) is 13.1 Å². The van der Waals surface area contributed by atoms with Crippen LogP contribution in [0.1, 0.15) is 41.9 Å². The summed E-state index contributed by atoms with van der Waals surface area (Å²) in [6, 6.07) is 0. The number of nitrogens with zero attached hydrogens (tertiary/aromatic N) is 2. The predicted molar refractivity (Wildman–Crippen MR) is 57.7 cm³/mol. The summed E-state index contributed by atoms with van der Waals surface area (Å²) in [6.45, 7) is 2.74. The van der Waals surface area contributed by atoms with E-state index >= 15 is 0 Å². The lowest BCUT2D eigenvalue weighted by molar-refractivity contribution is -0.130. The molecule has 2 rings (SSSR count). The number of carboxylic acid groups (broad SMARTS) is 1. The summed E-state index contributed by atoms with van der Waals surface area (Å²) >= 11 is 0. The van der Waals surface area contributed by atoms with Gasteiger partial charge in [0.05, 0.1) is 0 Å². The van der Waals surface area contributed by atoms with Gasteiger partial charge in [-0.2, -0.15) is 0 Å². The van der Waals surface area contributed by atoms with Crippen molar-refractivity contribution in [1.82, 2.24) is 9.88 Å². The van der Waals surface area contributed by atoms with Crippen LogP contribution in [0.15, 0.2) is 10.8 Å². The molecule has 1 saturated heterocycles. The van der Waals surface area contributed by atoms with E-state index in [2.05, 4.69) is 4.98 Å². The van der Waals surface area contributed by atoms with Gasteiger partial charge in [0.25, 0.3) is 0 Å². The van der Waals surface area contributed by atoms with Gasteiger partial charge in [-0.05, 0) is 12.8 Å². The topological polar surface area (TPSA) is 83.6 Å². The standard InChI is InChI=1S/C11H14N2O4/c1-7(14)13-4-2-3-8(5-13)10-9(11(15)16)12-6-17-10/h6,8H,2-5H2,1H3,(H,15,16). The minimum Gasteiger partial charge on any atom is -0.476 e. The fourth-order valence-electron chi connectivity index (χ4n) is 2.18. The van der Waals surface area contributed by atoms with E-state index < -0.39 is 5.97 Å². The average molecular weight is 238 g/mol. The fraction of sp³-hybridized carbons (Fsp3) is 0.545. The maximum atomic E-state index is 11.3. The van der Waals surface area contributed by atoms with E-state index in [4.69, 9.17) is 9.52 Å². The first kappa shape index (κ1) is 11.6. The van der Waals surface area contributed by atoms with E-state index in [9.17, 15) is 9.59 Å². The van der Waals surface area contributed by atoms with Gasteiger partial charge < -0.3 is 14.4 Å². The molecule has 1 aliphatic heterocycles. The predicted octanol–water partition coefficient (Wildman–Crippen LogP) is 1.10. The maximum absolute atomic E-state index is 11.3. The smallest absolute Gasteiger partial charge is 0.358 e. The van der Waals surface area contributed by atoms with E-state index in [-0.39, 0.29) is 17.5 Å². The first-order valence-electron chi connectivity index (χ1n) is 5.51. The molecule has 1 fully saturated rings. The van der Waals surface area contributed by atoms with Crippen LogP contribution in [0.2, 0.25) is 0 Å². The summed E-state index contributed by atoms with van der Waals surface area (Å²) in [7, 11) is 0. The Kier molecular flexibility index (Phi) is 3.12. The van der Waals surface area contributed by atoms with Crippen LogP contribution >= 0.6 is 0 Å². The third-order valence-electron chi connectivity index (χ3n) is 3.03. The highest BCUT2D eigenvalue weighted by atomic mass is 16.4. The minimum absolute atomic E-state index is 0.00564. The lowest BCUT2D eigenvalue weighted by atomic mass is 9.94. The van der Waals surface area contributed by atoms with Crippen molar-refractivity contribution >= 4 is 11.9 Å². The van der Waals surface area contributed by atoms with Crippen molar-refractivity contribution in [3.63, 3.8) is 0 Å². The molecule has 1 N–H and O–H groups in total. The van der Waals surface area contributed by atoms with E-state index in [0.29, 0.717) is 12.3 Å². The second kappa shape index (κ2) is 4.57. The highest BCUT2D eigenvalue weighted by Gasteiger charge is 2.29. The molecule has 1 aliphatic rings. The number of hydrogen-bond donors (Lipinski definition) is 1. The molecule has 0 aromatic carbocycles.